The predicted molar refractivity (Wildman–Crippen MR) is 114 cm³/mol. The molecular weight excluding hydrogens is 404 g/mol. The van der Waals surface area contributed by atoms with Crippen molar-refractivity contribution in [1.29, 1.82) is 0 Å². The average Bonchev–Trinajstić information content (AvgIpc) is 3.28. The maximum Gasteiger partial charge on any atom is 0.258 e. The summed E-state index contributed by atoms with van der Waals surface area (Å²) in [7, 11) is -1.87. The van der Waals surface area contributed by atoms with Crippen molar-refractivity contribution in [2.75, 3.05) is 26.8 Å². The normalized spacial score (nSPS) is 15.6. The number of nitrogens with zero attached hydrogens (tertiary/aromatic N) is 1. The van der Waals surface area contributed by atoms with E-state index in [0.717, 1.165) is 24.2 Å². The van der Waals surface area contributed by atoms with Gasteiger partial charge in [0.15, 0.2) is 6.61 Å². The molecule has 1 amide bonds. The SMILES string of the molecule is COc1ccc(C(C)NC(=O)COc2ccc(S(=O)(=O)N3CCCC3)cc2C)cc1. The number of hydrogen-bond acceptors (Lipinski definition) is 5. The van der Waals surface area contributed by atoms with E-state index in [4.69, 9.17) is 9.47 Å². The molecule has 3 rings (SSSR count). The van der Waals surface area contributed by atoms with E-state index in [1.807, 2.05) is 31.2 Å². The second-order valence-corrected chi connectivity index (χ2v) is 9.33. The predicted octanol–water partition coefficient (Wildman–Crippen LogP) is 3.04. The van der Waals surface area contributed by atoms with Crippen molar-refractivity contribution in [3.63, 3.8) is 0 Å². The van der Waals surface area contributed by atoms with E-state index in [0.29, 0.717) is 24.4 Å². The summed E-state index contributed by atoms with van der Waals surface area (Å²) in [6.07, 6.45) is 1.78. The van der Waals surface area contributed by atoms with Crippen molar-refractivity contribution in [1.82, 2.24) is 9.62 Å². The lowest BCUT2D eigenvalue weighted by molar-refractivity contribution is -0.123. The molecule has 1 atom stereocenters. The van der Waals surface area contributed by atoms with Gasteiger partial charge in [0.2, 0.25) is 10.0 Å². The van der Waals surface area contributed by atoms with E-state index in [9.17, 15) is 13.2 Å². The Hall–Kier alpha value is -2.58. The topological polar surface area (TPSA) is 84.9 Å². The summed E-state index contributed by atoms with van der Waals surface area (Å²) < 4.78 is 37.6. The molecule has 0 saturated carbocycles. The number of hydrogen-bond donors (Lipinski definition) is 1. The van der Waals surface area contributed by atoms with Crippen LogP contribution in [0.5, 0.6) is 11.5 Å². The number of benzene rings is 2. The number of methoxy groups -OCH3 is 1. The minimum Gasteiger partial charge on any atom is -0.497 e. The van der Waals surface area contributed by atoms with Gasteiger partial charge in [-0.15, -0.1) is 0 Å². The molecule has 7 nitrogen and oxygen atoms in total. The highest BCUT2D eigenvalue weighted by atomic mass is 32.2. The van der Waals surface area contributed by atoms with Crippen LogP contribution < -0.4 is 14.8 Å². The van der Waals surface area contributed by atoms with Crippen molar-refractivity contribution in [3.8, 4) is 11.5 Å². The molecule has 1 N–H and O–H groups in total. The Morgan fingerprint density at radius 2 is 1.80 bits per heavy atom. The number of ether oxygens (including phenoxy) is 2. The molecule has 0 spiro atoms. The van der Waals surface area contributed by atoms with Crippen molar-refractivity contribution >= 4 is 15.9 Å². The van der Waals surface area contributed by atoms with Gasteiger partial charge < -0.3 is 14.8 Å². The van der Waals surface area contributed by atoms with E-state index in [1.165, 1.54) is 10.4 Å². The summed E-state index contributed by atoms with van der Waals surface area (Å²) in [6, 6.07) is 12.0. The zero-order valence-corrected chi connectivity index (χ0v) is 18.4. The van der Waals surface area contributed by atoms with Crippen molar-refractivity contribution < 1.29 is 22.7 Å². The number of nitrogens with one attached hydrogen (secondary N) is 1. The Balaban J connectivity index is 1.57. The summed E-state index contributed by atoms with van der Waals surface area (Å²) in [5, 5.41) is 2.89. The molecule has 8 heteroatoms. The first kappa shape index (κ1) is 22.1. The summed E-state index contributed by atoms with van der Waals surface area (Å²) in [5.41, 5.74) is 1.63. The molecule has 1 unspecified atom stereocenters. The monoisotopic (exact) mass is 432 g/mol. The highest BCUT2D eigenvalue weighted by Gasteiger charge is 2.27. The highest BCUT2D eigenvalue weighted by molar-refractivity contribution is 7.89. The summed E-state index contributed by atoms with van der Waals surface area (Å²) >= 11 is 0. The quantitative estimate of drug-likeness (QED) is 0.693. The lowest BCUT2D eigenvalue weighted by atomic mass is 10.1. The smallest absolute Gasteiger partial charge is 0.258 e. The molecule has 0 bridgehead atoms. The third kappa shape index (κ3) is 5.12. The van der Waals surface area contributed by atoms with Crippen LogP contribution in [0.1, 0.15) is 36.9 Å². The molecule has 30 heavy (non-hydrogen) atoms. The molecule has 2 aromatic rings. The maximum atomic E-state index is 12.7. The fraction of sp³-hybridized carbons (Fsp3) is 0.409. The lowest BCUT2D eigenvalue weighted by Gasteiger charge is -2.17. The molecule has 1 fully saturated rings. The van der Waals surface area contributed by atoms with Crippen LogP contribution in [0.2, 0.25) is 0 Å². The van der Waals surface area contributed by atoms with Gasteiger partial charge in [-0.3, -0.25) is 4.79 Å². The van der Waals surface area contributed by atoms with Crippen LogP contribution in [-0.2, 0) is 14.8 Å². The Labute approximate surface area is 178 Å². The van der Waals surface area contributed by atoms with Gasteiger partial charge in [0, 0.05) is 13.1 Å². The van der Waals surface area contributed by atoms with Crippen LogP contribution in [0.4, 0.5) is 0 Å². The van der Waals surface area contributed by atoms with Gasteiger partial charge in [0.05, 0.1) is 18.0 Å². The van der Waals surface area contributed by atoms with Crippen LogP contribution >= 0.6 is 0 Å². The number of amides is 1. The summed E-state index contributed by atoms with van der Waals surface area (Å²) in [5.74, 6) is 0.986. The van der Waals surface area contributed by atoms with Crippen LogP contribution in [0.15, 0.2) is 47.4 Å². The molecule has 162 valence electrons. The van der Waals surface area contributed by atoms with E-state index in [-0.39, 0.29) is 23.5 Å². The van der Waals surface area contributed by atoms with E-state index < -0.39 is 10.0 Å². The van der Waals surface area contributed by atoms with Crippen LogP contribution in [0.3, 0.4) is 0 Å². The molecule has 0 radical (unpaired) electrons. The van der Waals surface area contributed by atoms with Gasteiger partial charge in [-0.2, -0.15) is 4.31 Å². The number of rotatable bonds is 8. The Kier molecular flexibility index (Phi) is 6.99. The second-order valence-electron chi connectivity index (χ2n) is 7.39. The zero-order chi connectivity index (χ0) is 21.7. The van der Waals surface area contributed by atoms with Crippen molar-refractivity contribution in [3.05, 3.63) is 53.6 Å². The first-order chi connectivity index (χ1) is 14.3. The third-order valence-corrected chi connectivity index (χ3v) is 7.10. The van der Waals surface area contributed by atoms with Gasteiger partial charge in [0.25, 0.3) is 5.91 Å². The van der Waals surface area contributed by atoms with Gasteiger partial charge in [-0.25, -0.2) is 8.42 Å². The first-order valence-corrected chi connectivity index (χ1v) is 11.4. The molecule has 0 aromatic heterocycles. The molecule has 1 heterocycles. The van der Waals surface area contributed by atoms with Gasteiger partial charge in [-0.1, -0.05) is 12.1 Å². The second kappa shape index (κ2) is 9.49. The summed E-state index contributed by atoms with van der Waals surface area (Å²) in [4.78, 5) is 12.5. The Morgan fingerprint density at radius 3 is 2.40 bits per heavy atom. The highest BCUT2D eigenvalue weighted by Crippen LogP contribution is 2.26. The molecule has 0 aliphatic carbocycles. The fourth-order valence-corrected chi connectivity index (χ4v) is 5.03. The fourth-order valence-electron chi connectivity index (χ4n) is 3.42. The molecular formula is C22H28N2O5S. The van der Waals surface area contributed by atoms with E-state index >= 15 is 0 Å². The minimum absolute atomic E-state index is 0.153. The lowest BCUT2D eigenvalue weighted by Crippen LogP contribution is -2.31. The van der Waals surface area contributed by atoms with Crippen molar-refractivity contribution in [2.45, 2.75) is 37.6 Å². The number of carbonyl (C=O) groups excluding carboxylic acids is 1. The zero-order valence-electron chi connectivity index (χ0n) is 17.6. The molecule has 1 saturated heterocycles. The van der Waals surface area contributed by atoms with Gasteiger partial charge >= 0.3 is 0 Å². The number of aryl methyl sites for hydroxylation is 1. The van der Waals surface area contributed by atoms with Gasteiger partial charge in [-0.05, 0) is 68.1 Å². The van der Waals surface area contributed by atoms with Crippen molar-refractivity contribution in [2.24, 2.45) is 0 Å². The number of sulfonamides is 1. The standard InChI is InChI=1S/C22H28N2O5S/c1-16-14-20(30(26,27)24-12-4-5-13-24)10-11-21(16)29-15-22(25)23-17(2)18-6-8-19(28-3)9-7-18/h6-11,14,17H,4-5,12-13,15H2,1-3H3,(H,23,25). The Bertz CT molecular complexity index is 983. The van der Waals surface area contributed by atoms with E-state index in [2.05, 4.69) is 5.32 Å². The van der Waals surface area contributed by atoms with Crippen LogP contribution in [0, 0.1) is 6.92 Å². The van der Waals surface area contributed by atoms with E-state index in [1.54, 1.807) is 26.2 Å². The number of carbonyl (C=O) groups is 1. The maximum absolute atomic E-state index is 12.7. The third-order valence-electron chi connectivity index (χ3n) is 5.20. The van der Waals surface area contributed by atoms with Crippen LogP contribution in [0.25, 0.3) is 0 Å². The molecule has 1 aliphatic rings. The minimum atomic E-state index is -3.47. The summed E-state index contributed by atoms with van der Waals surface area (Å²) in [6.45, 7) is 4.64. The van der Waals surface area contributed by atoms with Gasteiger partial charge in [0.1, 0.15) is 11.5 Å². The largest absolute Gasteiger partial charge is 0.497 e. The Morgan fingerprint density at radius 1 is 1.13 bits per heavy atom. The van der Waals surface area contributed by atoms with Crippen LogP contribution in [-0.4, -0.2) is 45.4 Å². The molecule has 1 aliphatic heterocycles. The first-order valence-electron chi connectivity index (χ1n) is 9.98. The average molecular weight is 433 g/mol. The molecule has 2 aromatic carbocycles.